The largest absolute Gasteiger partial charge is 0.192 e. The molecule has 0 aliphatic rings. The van der Waals surface area contributed by atoms with E-state index >= 15 is 0 Å². The third-order valence-corrected chi connectivity index (χ3v) is 1.72. The predicted molar refractivity (Wildman–Crippen MR) is 46.0 cm³/mol. The van der Waals surface area contributed by atoms with Gasteiger partial charge >= 0.3 is 0 Å². The minimum atomic E-state index is 0.233. The van der Waals surface area contributed by atoms with Crippen LogP contribution in [-0.2, 0) is 6.42 Å². The first kappa shape index (κ1) is 8.41. The van der Waals surface area contributed by atoms with E-state index in [1.54, 1.807) is 12.1 Å². The summed E-state index contributed by atoms with van der Waals surface area (Å²) >= 11 is 0. The maximum Gasteiger partial charge on any atom is 0.126 e. The molecule has 0 unspecified atom stereocenters. The van der Waals surface area contributed by atoms with Gasteiger partial charge in [0.05, 0.1) is 5.56 Å². The highest BCUT2D eigenvalue weighted by molar-refractivity contribution is 5.57. The van der Waals surface area contributed by atoms with Gasteiger partial charge in [-0.3, -0.25) is 0 Å². The van der Waals surface area contributed by atoms with Gasteiger partial charge in [-0.1, -0.05) is 19.1 Å². The molecule has 1 rings (SSSR count). The number of nitroso groups, excluding NO2 is 1. The number of nitrogens with zero attached hydrogens (tertiary/aromatic N) is 2. The van der Waals surface area contributed by atoms with Gasteiger partial charge in [-0.25, -0.2) is 0 Å². The van der Waals surface area contributed by atoms with Crippen molar-refractivity contribution in [1.29, 1.82) is 5.26 Å². The lowest BCUT2D eigenvalue weighted by Gasteiger charge is -1.99. The molecule has 0 fully saturated rings. The summed E-state index contributed by atoms with van der Waals surface area (Å²) in [6.07, 6.45) is 0.742. The summed E-state index contributed by atoms with van der Waals surface area (Å²) in [4.78, 5) is 10.3. The van der Waals surface area contributed by atoms with Crippen LogP contribution < -0.4 is 0 Å². The molecule has 0 aliphatic heterocycles. The zero-order valence-corrected chi connectivity index (χ0v) is 6.74. The Balaban J connectivity index is 3.34. The smallest absolute Gasteiger partial charge is 0.126 e. The van der Waals surface area contributed by atoms with Gasteiger partial charge in [0.2, 0.25) is 0 Å². The third kappa shape index (κ3) is 1.32. The van der Waals surface area contributed by atoms with E-state index in [1.165, 1.54) is 0 Å². The van der Waals surface area contributed by atoms with Crippen molar-refractivity contribution in [3.63, 3.8) is 0 Å². The Kier molecular flexibility index (Phi) is 2.54. The summed E-state index contributed by atoms with van der Waals surface area (Å²) in [6, 6.07) is 7.08. The molecule has 12 heavy (non-hydrogen) atoms. The quantitative estimate of drug-likeness (QED) is 0.624. The van der Waals surface area contributed by atoms with Crippen LogP contribution in [0.25, 0.3) is 0 Å². The van der Waals surface area contributed by atoms with Crippen molar-refractivity contribution in [2.75, 3.05) is 0 Å². The highest BCUT2D eigenvalue weighted by Gasteiger charge is 2.05. The second-order valence-corrected chi connectivity index (χ2v) is 2.37. The van der Waals surface area contributed by atoms with E-state index in [2.05, 4.69) is 5.18 Å². The molecule has 0 atom stereocenters. The van der Waals surface area contributed by atoms with E-state index in [4.69, 9.17) is 5.26 Å². The Morgan fingerprint density at radius 1 is 1.58 bits per heavy atom. The van der Waals surface area contributed by atoms with E-state index in [0.717, 1.165) is 12.0 Å². The topological polar surface area (TPSA) is 53.2 Å². The molecule has 3 nitrogen and oxygen atoms in total. The first-order valence-corrected chi connectivity index (χ1v) is 3.68. The molecule has 0 saturated heterocycles. The van der Waals surface area contributed by atoms with Crippen LogP contribution in [0.2, 0.25) is 0 Å². The fraction of sp³-hybridized carbons (Fsp3) is 0.222. The lowest BCUT2D eigenvalue weighted by molar-refractivity contribution is 1.12. The van der Waals surface area contributed by atoms with Gasteiger partial charge in [-0.15, -0.1) is 4.91 Å². The van der Waals surface area contributed by atoms with Crippen LogP contribution in [0.1, 0.15) is 18.1 Å². The highest BCUT2D eigenvalue weighted by atomic mass is 16.3. The molecule has 0 saturated carbocycles. The molecule has 0 spiro atoms. The molecular formula is C9H8N2O. The van der Waals surface area contributed by atoms with Crippen LogP contribution in [0.3, 0.4) is 0 Å². The van der Waals surface area contributed by atoms with Crippen molar-refractivity contribution in [1.82, 2.24) is 0 Å². The summed E-state index contributed by atoms with van der Waals surface area (Å²) in [6.45, 7) is 1.94. The summed E-state index contributed by atoms with van der Waals surface area (Å²) in [5.41, 5.74) is 1.50. The zero-order chi connectivity index (χ0) is 8.97. The van der Waals surface area contributed by atoms with Crippen LogP contribution in [0.4, 0.5) is 5.69 Å². The van der Waals surface area contributed by atoms with E-state index in [1.807, 2.05) is 19.1 Å². The van der Waals surface area contributed by atoms with Gasteiger partial charge in [0.15, 0.2) is 0 Å². The lowest BCUT2D eigenvalue weighted by Crippen LogP contribution is -1.86. The average Bonchev–Trinajstić information content (AvgIpc) is 2.16. The fourth-order valence-corrected chi connectivity index (χ4v) is 1.09. The molecule has 0 aliphatic carbocycles. The van der Waals surface area contributed by atoms with Crippen molar-refractivity contribution < 1.29 is 0 Å². The van der Waals surface area contributed by atoms with Crippen molar-refractivity contribution in [3.05, 3.63) is 34.2 Å². The molecule has 0 radical (unpaired) electrons. The van der Waals surface area contributed by atoms with E-state index in [-0.39, 0.29) is 5.69 Å². The first-order valence-electron chi connectivity index (χ1n) is 3.68. The van der Waals surface area contributed by atoms with Crippen LogP contribution in [0, 0.1) is 16.2 Å². The van der Waals surface area contributed by atoms with Gasteiger partial charge in [-0.05, 0) is 23.2 Å². The van der Waals surface area contributed by atoms with Gasteiger partial charge in [0, 0.05) is 0 Å². The molecule has 1 aromatic carbocycles. The van der Waals surface area contributed by atoms with Crippen molar-refractivity contribution in [2.24, 2.45) is 5.18 Å². The lowest BCUT2D eigenvalue weighted by atomic mass is 10.0. The molecule has 0 aromatic heterocycles. The zero-order valence-electron chi connectivity index (χ0n) is 6.74. The average molecular weight is 160 g/mol. The van der Waals surface area contributed by atoms with Crippen LogP contribution in [-0.4, -0.2) is 0 Å². The standard InChI is InChI=1S/C9H8N2O/c1-2-7-4-3-5-9(11-12)8(7)6-10/h3-5H,2H2,1H3. The van der Waals surface area contributed by atoms with E-state index in [0.29, 0.717) is 5.56 Å². The number of hydrogen-bond donors (Lipinski definition) is 0. The van der Waals surface area contributed by atoms with Gasteiger partial charge in [0.25, 0.3) is 0 Å². The SMILES string of the molecule is CCc1cccc(N=O)c1C#N. The van der Waals surface area contributed by atoms with Crippen molar-refractivity contribution >= 4 is 5.69 Å². The summed E-state index contributed by atoms with van der Waals surface area (Å²) < 4.78 is 0. The molecule has 0 bridgehead atoms. The Morgan fingerprint density at radius 2 is 2.33 bits per heavy atom. The molecule has 0 N–H and O–H groups in total. The Labute approximate surface area is 70.6 Å². The summed E-state index contributed by atoms with van der Waals surface area (Å²) in [5, 5.41) is 11.5. The molecular weight excluding hydrogens is 152 g/mol. The van der Waals surface area contributed by atoms with E-state index in [9.17, 15) is 4.91 Å². The molecule has 0 amide bonds. The number of nitriles is 1. The minimum absolute atomic E-state index is 0.233. The van der Waals surface area contributed by atoms with Crippen molar-refractivity contribution in [3.8, 4) is 6.07 Å². The van der Waals surface area contributed by atoms with E-state index < -0.39 is 0 Å². The summed E-state index contributed by atoms with van der Waals surface area (Å²) in [5.74, 6) is 0. The van der Waals surface area contributed by atoms with Crippen LogP contribution in [0.5, 0.6) is 0 Å². The maximum absolute atomic E-state index is 10.3. The predicted octanol–water partition coefficient (Wildman–Crippen LogP) is 2.52. The fourth-order valence-electron chi connectivity index (χ4n) is 1.09. The molecule has 3 heteroatoms. The molecule has 60 valence electrons. The number of aryl methyl sites for hydroxylation is 1. The Bertz CT molecular complexity index is 339. The molecule has 0 heterocycles. The summed E-state index contributed by atoms with van der Waals surface area (Å²) in [7, 11) is 0. The van der Waals surface area contributed by atoms with Crippen LogP contribution in [0.15, 0.2) is 23.4 Å². The third-order valence-electron chi connectivity index (χ3n) is 1.72. The first-order chi connectivity index (χ1) is 5.83. The van der Waals surface area contributed by atoms with Crippen LogP contribution >= 0.6 is 0 Å². The normalized spacial score (nSPS) is 9.00. The number of rotatable bonds is 2. The second kappa shape index (κ2) is 3.63. The minimum Gasteiger partial charge on any atom is -0.192 e. The van der Waals surface area contributed by atoms with Gasteiger partial charge in [-0.2, -0.15) is 5.26 Å². The Hall–Kier alpha value is -1.69. The maximum atomic E-state index is 10.3. The Morgan fingerprint density at radius 3 is 2.83 bits per heavy atom. The molecule has 1 aromatic rings. The van der Waals surface area contributed by atoms with Gasteiger partial charge in [0.1, 0.15) is 11.8 Å². The number of hydrogen-bond acceptors (Lipinski definition) is 3. The van der Waals surface area contributed by atoms with Gasteiger partial charge < -0.3 is 0 Å². The van der Waals surface area contributed by atoms with Crippen molar-refractivity contribution in [2.45, 2.75) is 13.3 Å². The number of benzene rings is 1. The highest BCUT2D eigenvalue weighted by Crippen LogP contribution is 2.21. The second-order valence-electron chi connectivity index (χ2n) is 2.37. The monoisotopic (exact) mass is 160 g/mol.